The molecule has 2 aliphatic rings. The highest BCUT2D eigenvalue weighted by Crippen LogP contribution is 2.45. The Labute approximate surface area is 194 Å². The second-order valence-corrected chi connectivity index (χ2v) is 9.23. The highest BCUT2D eigenvalue weighted by molar-refractivity contribution is 14.1. The van der Waals surface area contributed by atoms with Gasteiger partial charge >= 0.3 is 11.9 Å². The van der Waals surface area contributed by atoms with Gasteiger partial charge in [0.05, 0.1) is 11.1 Å². The van der Waals surface area contributed by atoms with Gasteiger partial charge in [-0.05, 0) is 67.6 Å². The zero-order chi connectivity index (χ0) is 22.2. The van der Waals surface area contributed by atoms with Crippen LogP contribution in [-0.2, 0) is 23.7 Å². The zero-order valence-corrected chi connectivity index (χ0v) is 19.5. The van der Waals surface area contributed by atoms with Gasteiger partial charge in [-0.3, -0.25) is 0 Å². The summed E-state index contributed by atoms with van der Waals surface area (Å²) in [6.07, 6.45) is -2.18. The van der Waals surface area contributed by atoms with E-state index in [1.807, 2.05) is 18.2 Å². The summed E-state index contributed by atoms with van der Waals surface area (Å²) in [7, 11) is 0. The molecule has 7 nitrogen and oxygen atoms in total. The Hall–Kier alpha value is -2.01. The van der Waals surface area contributed by atoms with Crippen LogP contribution >= 0.6 is 22.6 Å². The number of esters is 2. The fourth-order valence-corrected chi connectivity index (χ4v) is 4.32. The van der Waals surface area contributed by atoms with Crippen molar-refractivity contribution in [1.29, 1.82) is 0 Å². The van der Waals surface area contributed by atoms with Crippen molar-refractivity contribution in [3.63, 3.8) is 0 Å². The molecule has 2 saturated heterocycles. The maximum Gasteiger partial charge on any atom is 0.339 e. The van der Waals surface area contributed by atoms with Crippen LogP contribution in [0.4, 0.5) is 0 Å². The first kappa shape index (κ1) is 22.2. The van der Waals surface area contributed by atoms with Crippen LogP contribution in [-0.4, -0.2) is 48.4 Å². The minimum atomic E-state index is -1.23. The van der Waals surface area contributed by atoms with Crippen LogP contribution in [0.15, 0.2) is 54.6 Å². The average molecular weight is 538 g/mol. The summed E-state index contributed by atoms with van der Waals surface area (Å²) in [6.45, 7) is 5.12. The summed E-state index contributed by atoms with van der Waals surface area (Å²) >= 11 is 2.08. The normalized spacial score (nSPS) is 28.7. The first-order chi connectivity index (χ1) is 14.7. The topological polar surface area (TPSA) is 80.3 Å². The van der Waals surface area contributed by atoms with Gasteiger partial charge in [0, 0.05) is 3.57 Å². The van der Waals surface area contributed by atoms with E-state index in [-0.39, 0.29) is 6.61 Å². The number of halogens is 1. The van der Waals surface area contributed by atoms with Crippen LogP contribution in [0.5, 0.6) is 0 Å². The molecule has 2 aromatic rings. The summed E-state index contributed by atoms with van der Waals surface area (Å²) in [5.41, 5.74) is -0.368. The first-order valence-electron chi connectivity index (χ1n) is 9.91. The summed E-state index contributed by atoms with van der Waals surface area (Å²) in [5.74, 6) is -1.89. The Balaban J connectivity index is 1.53. The van der Waals surface area contributed by atoms with E-state index in [9.17, 15) is 9.59 Å². The fourth-order valence-electron chi connectivity index (χ4n) is 3.71. The predicted octanol–water partition coefficient (Wildman–Crippen LogP) is 3.94. The lowest BCUT2D eigenvalue weighted by Gasteiger charge is -2.34. The molecule has 0 aromatic heterocycles. The van der Waals surface area contributed by atoms with E-state index in [0.29, 0.717) is 11.1 Å². The van der Waals surface area contributed by atoms with E-state index < -0.39 is 41.8 Å². The van der Waals surface area contributed by atoms with Gasteiger partial charge in [-0.2, -0.15) is 0 Å². The van der Waals surface area contributed by atoms with Crippen LogP contribution in [0.2, 0.25) is 0 Å². The van der Waals surface area contributed by atoms with Crippen molar-refractivity contribution in [3.8, 4) is 0 Å². The number of carbonyl (C=O) groups is 2. The standard InChI is InChI=1S/C23H23IO7/c1-22(2)29-18-21(31-22)28-17(13-27-20(26)15-11-7-8-12-16(15)24)23(18,3)30-19(25)14-9-5-4-6-10-14/h4-12,17-18,21H,13H2,1-3H3/t17-,18-,21+,23?/m0/s1. The number of benzene rings is 2. The number of fused-ring (bicyclic) bond motifs is 1. The fraction of sp³-hybridized carbons (Fsp3) is 0.391. The Morgan fingerprint density at radius 3 is 2.35 bits per heavy atom. The van der Waals surface area contributed by atoms with Crippen LogP contribution in [0.1, 0.15) is 41.5 Å². The van der Waals surface area contributed by atoms with Crippen molar-refractivity contribution in [3.05, 3.63) is 69.3 Å². The average Bonchev–Trinajstić information content (AvgIpc) is 3.17. The molecule has 0 radical (unpaired) electrons. The molecule has 8 heteroatoms. The Morgan fingerprint density at radius 2 is 1.65 bits per heavy atom. The third kappa shape index (κ3) is 4.48. The molecule has 1 unspecified atom stereocenters. The number of ether oxygens (including phenoxy) is 5. The molecule has 2 fully saturated rings. The lowest BCUT2D eigenvalue weighted by Crippen LogP contribution is -2.51. The lowest BCUT2D eigenvalue weighted by molar-refractivity contribution is -0.230. The number of hydrogen-bond acceptors (Lipinski definition) is 7. The molecule has 0 N–H and O–H groups in total. The Kier molecular flexibility index (Phi) is 6.08. The second-order valence-electron chi connectivity index (χ2n) is 8.07. The van der Waals surface area contributed by atoms with Gasteiger partial charge in [-0.15, -0.1) is 0 Å². The Morgan fingerprint density at radius 1 is 0.968 bits per heavy atom. The molecule has 31 heavy (non-hydrogen) atoms. The summed E-state index contributed by atoms with van der Waals surface area (Å²) in [6, 6.07) is 15.8. The van der Waals surface area contributed by atoms with Crippen LogP contribution in [0.25, 0.3) is 0 Å². The number of hydrogen-bond donors (Lipinski definition) is 0. The monoisotopic (exact) mass is 538 g/mol. The van der Waals surface area contributed by atoms with E-state index in [1.54, 1.807) is 57.2 Å². The van der Waals surface area contributed by atoms with E-state index in [1.165, 1.54) is 0 Å². The quantitative estimate of drug-likeness (QED) is 0.422. The van der Waals surface area contributed by atoms with Gasteiger partial charge in [0.2, 0.25) is 0 Å². The molecule has 0 saturated carbocycles. The summed E-state index contributed by atoms with van der Waals surface area (Å²) in [5, 5.41) is 0. The van der Waals surface area contributed by atoms with Crippen LogP contribution in [0, 0.1) is 3.57 Å². The van der Waals surface area contributed by atoms with E-state index >= 15 is 0 Å². The number of rotatable bonds is 5. The first-order valence-corrected chi connectivity index (χ1v) is 11.0. The van der Waals surface area contributed by atoms with Crippen LogP contribution < -0.4 is 0 Å². The second kappa shape index (κ2) is 8.50. The lowest BCUT2D eigenvalue weighted by atomic mass is 9.94. The smallest absolute Gasteiger partial charge is 0.339 e. The van der Waals surface area contributed by atoms with Gasteiger partial charge < -0.3 is 23.7 Å². The molecule has 0 bridgehead atoms. The molecular weight excluding hydrogens is 515 g/mol. The van der Waals surface area contributed by atoms with Crippen molar-refractivity contribution in [2.45, 2.75) is 50.7 Å². The summed E-state index contributed by atoms with van der Waals surface area (Å²) < 4.78 is 30.0. The van der Waals surface area contributed by atoms with E-state index in [2.05, 4.69) is 22.6 Å². The van der Waals surface area contributed by atoms with E-state index in [0.717, 1.165) is 3.57 Å². The highest BCUT2D eigenvalue weighted by Gasteiger charge is 2.64. The van der Waals surface area contributed by atoms with Gasteiger partial charge in [0.1, 0.15) is 12.7 Å². The molecule has 2 heterocycles. The molecule has 4 rings (SSSR count). The molecule has 0 aliphatic carbocycles. The van der Waals surface area contributed by atoms with Crippen molar-refractivity contribution in [2.24, 2.45) is 0 Å². The van der Waals surface area contributed by atoms with Crippen molar-refractivity contribution in [1.82, 2.24) is 0 Å². The largest absolute Gasteiger partial charge is 0.459 e. The molecule has 4 atom stereocenters. The molecule has 2 aromatic carbocycles. The maximum absolute atomic E-state index is 12.8. The minimum absolute atomic E-state index is 0.122. The number of carbonyl (C=O) groups excluding carboxylic acids is 2. The molecule has 0 amide bonds. The molecule has 0 spiro atoms. The third-order valence-electron chi connectivity index (χ3n) is 5.34. The minimum Gasteiger partial charge on any atom is -0.459 e. The molecule has 2 aliphatic heterocycles. The highest BCUT2D eigenvalue weighted by atomic mass is 127. The summed E-state index contributed by atoms with van der Waals surface area (Å²) in [4.78, 5) is 25.4. The molecular formula is C23H23IO7. The Bertz CT molecular complexity index is 977. The maximum atomic E-state index is 12.8. The van der Waals surface area contributed by atoms with E-state index in [4.69, 9.17) is 23.7 Å². The zero-order valence-electron chi connectivity index (χ0n) is 17.4. The predicted molar refractivity (Wildman–Crippen MR) is 118 cm³/mol. The van der Waals surface area contributed by atoms with Gasteiger partial charge in [0.25, 0.3) is 0 Å². The van der Waals surface area contributed by atoms with Crippen molar-refractivity contribution in [2.75, 3.05) is 6.61 Å². The van der Waals surface area contributed by atoms with Gasteiger partial charge in [-0.1, -0.05) is 30.3 Å². The van der Waals surface area contributed by atoms with Crippen LogP contribution in [0.3, 0.4) is 0 Å². The SMILES string of the molecule is CC1(C)O[C@H]2O[C@@H](COC(=O)c3ccccc3I)C(C)(OC(=O)c3ccccc3)[C@H]2O1. The van der Waals surface area contributed by atoms with Crippen molar-refractivity contribution >= 4 is 34.5 Å². The van der Waals surface area contributed by atoms with Gasteiger partial charge in [-0.25, -0.2) is 9.59 Å². The third-order valence-corrected chi connectivity index (χ3v) is 6.28. The van der Waals surface area contributed by atoms with Crippen molar-refractivity contribution < 1.29 is 33.3 Å². The molecule has 164 valence electrons. The van der Waals surface area contributed by atoms with Gasteiger partial charge in [0.15, 0.2) is 23.8 Å².